The molecule has 0 fully saturated rings. The monoisotopic (exact) mass is 349 g/mol. The molecule has 0 atom stereocenters. The first-order chi connectivity index (χ1) is 12.6. The number of halogens is 1. The van der Waals surface area contributed by atoms with Gasteiger partial charge in [0.2, 0.25) is 0 Å². The summed E-state index contributed by atoms with van der Waals surface area (Å²) in [5.74, 6) is -0.920. The highest BCUT2D eigenvalue weighted by Gasteiger charge is 2.11. The van der Waals surface area contributed by atoms with Gasteiger partial charge in [-0.05, 0) is 36.4 Å². The average Bonchev–Trinajstić information content (AvgIpc) is 2.67. The van der Waals surface area contributed by atoms with Gasteiger partial charge >= 0.3 is 0 Å². The van der Waals surface area contributed by atoms with Crippen molar-refractivity contribution in [3.63, 3.8) is 0 Å². The van der Waals surface area contributed by atoms with E-state index in [0.717, 1.165) is 0 Å². The Labute approximate surface area is 151 Å². The quantitative estimate of drug-likeness (QED) is 0.776. The summed E-state index contributed by atoms with van der Waals surface area (Å²) < 4.78 is 14.0. The number of nitrogens with zero attached hydrogens (tertiary/aromatic N) is 4. The van der Waals surface area contributed by atoms with E-state index in [1.807, 2.05) is 6.07 Å². The van der Waals surface area contributed by atoms with E-state index in [9.17, 15) is 9.18 Å². The normalized spacial score (nSPS) is 10.0. The van der Waals surface area contributed by atoms with Crippen LogP contribution < -0.4 is 10.2 Å². The van der Waals surface area contributed by atoms with Crippen molar-refractivity contribution in [1.82, 2.24) is 9.97 Å². The van der Waals surface area contributed by atoms with Crippen molar-refractivity contribution >= 4 is 23.0 Å². The molecule has 1 amide bonds. The highest BCUT2D eigenvalue weighted by Crippen LogP contribution is 2.26. The molecule has 1 N–H and O–H groups in total. The molecule has 0 aliphatic carbocycles. The van der Waals surface area contributed by atoms with Crippen LogP contribution in [0.15, 0.2) is 61.2 Å². The second-order valence-electron chi connectivity index (χ2n) is 5.50. The molecule has 0 radical (unpaired) electrons. The van der Waals surface area contributed by atoms with Crippen LogP contribution in [0.4, 0.5) is 21.5 Å². The number of nitriles is 1. The van der Waals surface area contributed by atoms with Gasteiger partial charge in [0.25, 0.3) is 5.91 Å². The lowest BCUT2D eigenvalue weighted by Crippen LogP contribution is -2.14. The van der Waals surface area contributed by atoms with Crippen molar-refractivity contribution in [2.75, 3.05) is 17.3 Å². The Morgan fingerprint density at radius 2 is 1.96 bits per heavy atom. The minimum absolute atomic E-state index is 0. The van der Waals surface area contributed by atoms with E-state index in [-0.39, 0.29) is 1.43 Å². The Bertz CT molecular complexity index is 991. The standard InChI is InChI=1S/C19H14FN5O.H2/c1-25(18-10-22-12-23-11-18)17-7-15(20)6-16(8-17)24-19(26)14-4-2-3-13(5-14)9-21;/h2-8,10-12H,1H3,(H,24,26);1H. The van der Waals surface area contributed by atoms with Gasteiger partial charge in [0.15, 0.2) is 0 Å². The molecule has 1 aromatic heterocycles. The SMILES string of the molecule is CN(c1cncnc1)c1cc(F)cc(NC(=O)c2cccc(C#N)c2)c1.[HH]. The van der Waals surface area contributed by atoms with E-state index >= 15 is 0 Å². The van der Waals surface area contributed by atoms with Crippen molar-refractivity contribution in [2.24, 2.45) is 0 Å². The molecule has 0 saturated heterocycles. The number of hydrogen-bond acceptors (Lipinski definition) is 5. The van der Waals surface area contributed by atoms with Gasteiger partial charge in [0, 0.05) is 25.4 Å². The first-order valence-electron chi connectivity index (χ1n) is 7.67. The molecule has 2 aromatic carbocycles. The van der Waals surface area contributed by atoms with E-state index in [1.165, 1.54) is 24.5 Å². The predicted octanol–water partition coefficient (Wildman–Crippen LogP) is 3.75. The van der Waals surface area contributed by atoms with Gasteiger partial charge in [-0.25, -0.2) is 14.4 Å². The number of nitrogens with one attached hydrogen (secondary N) is 1. The highest BCUT2D eigenvalue weighted by molar-refractivity contribution is 6.04. The average molecular weight is 349 g/mol. The fourth-order valence-electron chi connectivity index (χ4n) is 2.39. The van der Waals surface area contributed by atoms with E-state index in [0.29, 0.717) is 28.2 Å². The van der Waals surface area contributed by atoms with E-state index in [2.05, 4.69) is 15.3 Å². The van der Waals surface area contributed by atoms with Crippen LogP contribution in [0, 0.1) is 17.1 Å². The third kappa shape index (κ3) is 3.82. The molecular formula is C19H16FN5O. The summed E-state index contributed by atoms with van der Waals surface area (Å²) in [5, 5.41) is 11.6. The van der Waals surface area contributed by atoms with Crippen LogP contribution in [0.3, 0.4) is 0 Å². The summed E-state index contributed by atoms with van der Waals surface area (Å²) in [6, 6.07) is 12.5. The Balaban J connectivity index is 0.00000261. The fourth-order valence-corrected chi connectivity index (χ4v) is 2.39. The molecule has 0 saturated carbocycles. The summed E-state index contributed by atoms with van der Waals surface area (Å²) >= 11 is 0. The first kappa shape index (κ1) is 17.0. The number of carbonyl (C=O) groups is 1. The van der Waals surface area contributed by atoms with Gasteiger partial charge in [-0.1, -0.05) is 6.07 Å². The zero-order valence-electron chi connectivity index (χ0n) is 13.8. The lowest BCUT2D eigenvalue weighted by Gasteiger charge is -2.19. The first-order valence-corrected chi connectivity index (χ1v) is 7.67. The smallest absolute Gasteiger partial charge is 0.255 e. The lowest BCUT2D eigenvalue weighted by molar-refractivity contribution is 0.102. The maximum atomic E-state index is 14.0. The number of carbonyl (C=O) groups excluding carboxylic acids is 1. The van der Waals surface area contributed by atoms with E-state index in [1.54, 1.807) is 48.6 Å². The maximum absolute atomic E-state index is 14.0. The molecule has 130 valence electrons. The maximum Gasteiger partial charge on any atom is 0.255 e. The lowest BCUT2D eigenvalue weighted by atomic mass is 10.1. The largest absolute Gasteiger partial charge is 0.342 e. The molecular weight excluding hydrogens is 333 g/mol. The van der Waals surface area contributed by atoms with Gasteiger partial charge in [-0.15, -0.1) is 0 Å². The van der Waals surface area contributed by atoms with Gasteiger partial charge in [0.1, 0.15) is 12.1 Å². The topological polar surface area (TPSA) is 81.9 Å². The summed E-state index contributed by atoms with van der Waals surface area (Å²) in [6.45, 7) is 0. The molecule has 3 rings (SSSR count). The summed E-state index contributed by atoms with van der Waals surface area (Å²) in [6.07, 6.45) is 4.61. The van der Waals surface area contributed by atoms with Crippen LogP contribution in [-0.4, -0.2) is 22.9 Å². The molecule has 0 spiro atoms. The zero-order valence-corrected chi connectivity index (χ0v) is 13.8. The molecule has 0 aliphatic rings. The second-order valence-corrected chi connectivity index (χ2v) is 5.50. The molecule has 0 unspecified atom stereocenters. The van der Waals surface area contributed by atoms with Crippen LogP contribution in [-0.2, 0) is 0 Å². The molecule has 26 heavy (non-hydrogen) atoms. The number of amides is 1. The number of anilines is 3. The summed E-state index contributed by atoms with van der Waals surface area (Å²) in [4.78, 5) is 21.9. The number of rotatable bonds is 4. The van der Waals surface area contributed by atoms with Crippen LogP contribution >= 0.6 is 0 Å². The van der Waals surface area contributed by atoms with Crippen molar-refractivity contribution in [1.29, 1.82) is 5.26 Å². The highest BCUT2D eigenvalue weighted by atomic mass is 19.1. The Hall–Kier alpha value is -3.79. The minimum Gasteiger partial charge on any atom is -0.342 e. The zero-order chi connectivity index (χ0) is 18.5. The third-order valence-corrected chi connectivity index (χ3v) is 3.72. The van der Waals surface area contributed by atoms with Crippen LogP contribution in [0.5, 0.6) is 0 Å². The molecule has 6 nitrogen and oxygen atoms in total. The van der Waals surface area contributed by atoms with Gasteiger partial charge in [-0.2, -0.15) is 5.26 Å². The Morgan fingerprint density at radius 3 is 2.69 bits per heavy atom. The third-order valence-electron chi connectivity index (χ3n) is 3.72. The van der Waals surface area contributed by atoms with Crippen molar-refractivity contribution < 1.29 is 10.6 Å². The number of aromatic nitrogens is 2. The van der Waals surface area contributed by atoms with Gasteiger partial charge in [-0.3, -0.25) is 4.79 Å². The minimum atomic E-state index is -0.493. The molecule has 1 heterocycles. The van der Waals surface area contributed by atoms with Crippen molar-refractivity contribution in [3.8, 4) is 6.07 Å². The van der Waals surface area contributed by atoms with Crippen LogP contribution in [0.25, 0.3) is 0 Å². The molecule has 7 heteroatoms. The summed E-state index contributed by atoms with van der Waals surface area (Å²) in [5.41, 5.74) is 2.20. The fraction of sp³-hybridized carbons (Fsp3) is 0.0526. The second kappa shape index (κ2) is 7.40. The van der Waals surface area contributed by atoms with Crippen molar-refractivity contribution in [3.05, 3.63) is 78.1 Å². The molecule has 0 aliphatic heterocycles. The number of hydrogen-bond donors (Lipinski definition) is 1. The number of benzene rings is 2. The van der Waals surface area contributed by atoms with E-state index in [4.69, 9.17) is 5.26 Å². The molecule has 0 bridgehead atoms. The summed E-state index contributed by atoms with van der Waals surface area (Å²) in [7, 11) is 1.75. The van der Waals surface area contributed by atoms with Crippen LogP contribution in [0.2, 0.25) is 0 Å². The Morgan fingerprint density at radius 1 is 1.19 bits per heavy atom. The van der Waals surface area contributed by atoms with Gasteiger partial charge in [0.05, 0.1) is 29.7 Å². The van der Waals surface area contributed by atoms with Crippen molar-refractivity contribution in [2.45, 2.75) is 0 Å². The van der Waals surface area contributed by atoms with E-state index < -0.39 is 11.7 Å². The van der Waals surface area contributed by atoms with Crippen LogP contribution in [0.1, 0.15) is 17.3 Å². The van der Waals surface area contributed by atoms with Gasteiger partial charge < -0.3 is 10.2 Å². The molecule has 3 aromatic rings. The Kier molecular flexibility index (Phi) is 4.85. The predicted molar refractivity (Wildman–Crippen MR) is 97.7 cm³/mol.